The summed E-state index contributed by atoms with van der Waals surface area (Å²) in [5, 5.41) is 2.79. The molecular formula is C56H37F6HfSi. The van der Waals surface area contributed by atoms with Crippen molar-refractivity contribution in [2.45, 2.75) is 19.7 Å². The van der Waals surface area contributed by atoms with Crippen LogP contribution in [-0.2, 0) is 33.8 Å². The van der Waals surface area contributed by atoms with E-state index in [0.29, 0.717) is 11.1 Å². The Bertz CT molecular complexity index is 3020. The number of allylic oxidation sites excluding steroid dienone is 2. The van der Waals surface area contributed by atoms with Crippen LogP contribution in [0.1, 0.15) is 51.9 Å². The molecule has 0 amide bonds. The molecule has 2 unspecified atom stereocenters. The van der Waals surface area contributed by atoms with E-state index >= 15 is 0 Å². The van der Waals surface area contributed by atoms with E-state index in [0.717, 1.165) is 56.7 Å². The standard InChI is InChI=1S/2C22H14F3.C12H9Si.Hf/c2*23-22(24,25)21-12-5-4-10-19(21)18-11-6-9-16-13-17(14-20(16)18)15-7-2-1-3-8-15;1-3-7-11-9(5-1)10-6-2-4-8-12(10)13-11;/h2*1-14H;1-7H,13H2;. The summed E-state index contributed by atoms with van der Waals surface area (Å²) < 4.78 is 89.9. The Balaban J connectivity index is 1.22. The minimum absolute atomic E-state index is 0.135. The number of halogens is 6. The van der Waals surface area contributed by atoms with Crippen LogP contribution in [0.3, 0.4) is 0 Å². The average Bonchev–Trinajstić information content (AvgIpc) is 4.02. The van der Waals surface area contributed by atoms with Crippen molar-refractivity contribution >= 4 is 46.5 Å². The number of alkyl halides is 6. The van der Waals surface area contributed by atoms with Gasteiger partial charge in [-0.25, -0.2) is 0 Å². The van der Waals surface area contributed by atoms with Gasteiger partial charge in [0.1, 0.15) is 0 Å². The maximum atomic E-state index is 14.8. The summed E-state index contributed by atoms with van der Waals surface area (Å²) >= 11 is -3.91. The molecule has 8 aromatic rings. The van der Waals surface area contributed by atoms with Crippen molar-refractivity contribution in [2.75, 3.05) is 0 Å². The number of hydrogen-bond donors (Lipinski definition) is 0. The molecule has 0 saturated carbocycles. The molecule has 1 aliphatic heterocycles. The van der Waals surface area contributed by atoms with Crippen LogP contribution in [0, 0.1) is 0 Å². The summed E-state index contributed by atoms with van der Waals surface area (Å²) in [7, 11) is -0.973. The van der Waals surface area contributed by atoms with Crippen molar-refractivity contribution < 1.29 is 47.8 Å². The Hall–Kier alpha value is -6.09. The Labute approximate surface area is 377 Å². The predicted octanol–water partition coefficient (Wildman–Crippen LogP) is 13.0. The first kappa shape index (κ1) is 40.7. The SMILES string of the molecule is FC(F)(F)c1ccccc1-c1cccc2c1C=C(c1ccccc1)[CH]2[Hf]([c]1cccc2c1[SiH2]c1ccccc1-2)[CH]1C(c2ccccc2)=Cc2c(-c3ccccc3C(F)(F)F)cccc21. The van der Waals surface area contributed by atoms with Gasteiger partial charge in [-0.2, -0.15) is 0 Å². The van der Waals surface area contributed by atoms with Crippen molar-refractivity contribution in [3.05, 3.63) is 233 Å². The van der Waals surface area contributed by atoms with Crippen LogP contribution in [0.4, 0.5) is 26.3 Å². The number of rotatable bonds is 7. The van der Waals surface area contributed by atoms with E-state index in [-0.39, 0.29) is 18.5 Å². The van der Waals surface area contributed by atoms with Crippen molar-refractivity contribution in [1.29, 1.82) is 0 Å². The van der Waals surface area contributed by atoms with Gasteiger partial charge in [0.25, 0.3) is 0 Å². The molecular weight excluding hydrogens is 993 g/mol. The molecule has 8 aromatic carbocycles. The van der Waals surface area contributed by atoms with E-state index in [1.54, 1.807) is 24.3 Å². The van der Waals surface area contributed by atoms with Gasteiger partial charge < -0.3 is 0 Å². The number of fused-ring (bicyclic) bond motifs is 5. The van der Waals surface area contributed by atoms with Gasteiger partial charge in [-0.3, -0.25) is 0 Å². The second-order valence-corrected chi connectivity index (χ2v) is 27.8. The van der Waals surface area contributed by atoms with Gasteiger partial charge >= 0.3 is 380 Å². The summed E-state index contributed by atoms with van der Waals surface area (Å²) in [6.07, 6.45) is -4.84. The normalized spacial score (nSPS) is 16.5. The third-order valence-electron chi connectivity index (χ3n) is 13.2. The number of benzene rings is 8. The summed E-state index contributed by atoms with van der Waals surface area (Å²) in [5.41, 5.74) is 10.2. The molecule has 0 saturated heterocycles. The van der Waals surface area contributed by atoms with Crippen molar-refractivity contribution in [2.24, 2.45) is 0 Å². The first-order chi connectivity index (χ1) is 31.1. The van der Waals surface area contributed by atoms with Gasteiger partial charge in [0, 0.05) is 0 Å². The van der Waals surface area contributed by atoms with E-state index < -0.39 is 54.4 Å². The van der Waals surface area contributed by atoms with Crippen molar-refractivity contribution in [1.82, 2.24) is 0 Å². The fourth-order valence-corrected chi connectivity index (χ4v) is 29.7. The van der Waals surface area contributed by atoms with Crippen LogP contribution in [0.15, 0.2) is 188 Å². The molecule has 0 N–H and O–H groups in total. The van der Waals surface area contributed by atoms with Crippen LogP contribution in [0.2, 0.25) is 0 Å². The van der Waals surface area contributed by atoms with Gasteiger partial charge in [-0.05, 0) is 0 Å². The molecule has 0 nitrogen and oxygen atoms in total. The summed E-state index contributed by atoms with van der Waals surface area (Å²) in [6, 6.07) is 59.0. The van der Waals surface area contributed by atoms with Gasteiger partial charge in [-0.1, -0.05) is 0 Å². The van der Waals surface area contributed by atoms with Gasteiger partial charge in [0.05, 0.1) is 0 Å². The summed E-state index contributed by atoms with van der Waals surface area (Å²) in [5.74, 6) is 0. The zero-order valence-corrected chi connectivity index (χ0v) is 39.2. The third-order valence-corrected chi connectivity index (χ3v) is 29.4. The Kier molecular flexibility index (Phi) is 10.1. The zero-order valence-electron chi connectivity index (χ0n) is 34.2. The minimum atomic E-state index is -4.57. The molecule has 0 bridgehead atoms. The van der Waals surface area contributed by atoms with Crippen molar-refractivity contribution in [3.63, 3.8) is 0 Å². The van der Waals surface area contributed by atoms with Gasteiger partial charge in [0.2, 0.25) is 0 Å². The van der Waals surface area contributed by atoms with Gasteiger partial charge in [0.15, 0.2) is 0 Å². The quantitative estimate of drug-likeness (QED) is 0.110. The fourth-order valence-electron chi connectivity index (χ4n) is 10.5. The van der Waals surface area contributed by atoms with Crippen LogP contribution >= 0.6 is 0 Å². The third kappa shape index (κ3) is 6.85. The molecule has 1 heterocycles. The molecule has 311 valence electrons. The summed E-state index contributed by atoms with van der Waals surface area (Å²) in [4.78, 5) is 0. The monoisotopic (exact) mass is 1030 g/mol. The predicted molar refractivity (Wildman–Crippen MR) is 247 cm³/mol. The fraction of sp³-hybridized carbons (Fsp3) is 0.0714. The van der Waals surface area contributed by atoms with Crippen molar-refractivity contribution in [3.8, 4) is 33.4 Å². The van der Waals surface area contributed by atoms with Gasteiger partial charge in [-0.15, -0.1) is 0 Å². The molecule has 2 atom stereocenters. The molecule has 0 radical (unpaired) electrons. The molecule has 11 rings (SSSR count). The molecule has 0 aromatic heterocycles. The molecule has 0 spiro atoms. The molecule has 64 heavy (non-hydrogen) atoms. The Morgan fingerprint density at radius 3 is 1.28 bits per heavy atom. The summed E-state index contributed by atoms with van der Waals surface area (Å²) in [6.45, 7) is 0. The number of hydrogen-bond acceptors (Lipinski definition) is 0. The Morgan fingerprint density at radius 2 is 0.781 bits per heavy atom. The Morgan fingerprint density at radius 1 is 0.375 bits per heavy atom. The van der Waals surface area contributed by atoms with E-state index in [2.05, 4.69) is 91.0 Å². The topological polar surface area (TPSA) is 0 Å². The van der Waals surface area contributed by atoms with Crippen LogP contribution in [0.5, 0.6) is 0 Å². The molecule has 3 aliphatic rings. The van der Waals surface area contributed by atoms with Crippen LogP contribution < -0.4 is 13.7 Å². The van der Waals surface area contributed by atoms with E-state index in [4.69, 9.17) is 0 Å². The zero-order chi connectivity index (χ0) is 43.7. The maximum absolute atomic E-state index is 14.8. The van der Waals surface area contributed by atoms with E-state index in [9.17, 15) is 26.3 Å². The first-order valence-electron chi connectivity index (χ1n) is 21.3. The molecule has 0 fully saturated rings. The second kappa shape index (κ2) is 15.9. The molecule has 8 heteroatoms. The van der Waals surface area contributed by atoms with Crippen LogP contribution in [-0.4, -0.2) is 9.52 Å². The van der Waals surface area contributed by atoms with Crippen LogP contribution in [0.25, 0.3) is 56.7 Å². The molecule has 2 aliphatic carbocycles. The second-order valence-electron chi connectivity index (χ2n) is 16.6. The average molecular weight is 1030 g/mol. The first-order valence-corrected chi connectivity index (χ1v) is 28.6. The van der Waals surface area contributed by atoms with E-state index in [1.807, 2.05) is 60.7 Å². The van der Waals surface area contributed by atoms with E-state index in [1.165, 1.54) is 37.0 Å².